The molecule has 1 aromatic rings. The Labute approximate surface area is 105 Å². The van der Waals surface area contributed by atoms with Crippen LogP contribution in [0.2, 0.25) is 0 Å². The first-order valence-corrected chi connectivity index (χ1v) is 5.63. The molecule has 0 bridgehead atoms. The number of nitrogens with one attached hydrogen (secondary N) is 1. The van der Waals surface area contributed by atoms with Crippen LogP contribution in [0.1, 0.15) is 19.5 Å². The molecule has 2 atom stereocenters. The van der Waals surface area contributed by atoms with Gasteiger partial charge >= 0.3 is 5.97 Å². The predicted molar refractivity (Wildman–Crippen MR) is 67.0 cm³/mol. The Bertz CT molecular complexity index is 429. The van der Waals surface area contributed by atoms with E-state index in [1.807, 2.05) is 0 Å². The minimum atomic E-state index is -0.940. The van der Waals surface area contributed by atoms with E-state index in [1.54, 1.807) is 26.0 Å². The van der Waals surface area contributed by atoms with Crippen molar-refractivity contribution in [3.63, 3.8) is 0 Å². The summed E-state index contributed by atoms with van der Waals surface area (Å²) < 4.78 is 0. The van der Waals surface area contributed by atoms with E-state index < -0.39 is 5.97 Å². The van der Waals surface area contributed by atoms with Crippen LogP contribution in [-0.2, 0) is 16.0 Å². The van der Waals surface area contributed by atoms with Crippen LogP contribution in [0.3, 0.4) is 0 Å². The quantitative estimate of drug-likeness (QED) is 0.711. The third kappa shape index (κ3) is 4.14. The average Bonchev–Trinajstić information content (AvgIpc) is 2.29. The Balaban J connectivity index is 2.63. The van der Waals surface area contributed by atoms with Crippen molar-refractivity contribution in [3.05, 3.63) is 24.0 Å². The minimum Gasteiger partial charge on any atom is -0.481 e. The topological polar surface area (TPSA) is 105 Å². The van der Waals surface area contributed by atoms with E-state index >= 15 is 0 Å². The van der Waals surface area contributed by atoms with E-state index in [1.165, 1.54) is 6.20 Å². The number of amides is 1. The lowest BCUT2D eigenvalue weighted by molar-refractivity contribution is -0.136. The number of carbonyl (C=O) groups is 2. The molecule has 4 N–H and O–H groups in total. The summed E-state index contributed by atoms with van der Waals surface area (Å²) in [5, 5.41) is 11.3. The number of aromatic nitrogens is 1. The van der Waals surface area contributed by atoms with E-state index in [9.17, 15) is 9.59 Å². The van der Waals surface area contributed by atoms with Gasteiger partial charge in [-0.05, 0) is 19.1 Å². The van der Waals surface area contributed by atoms with Crippen LogP contribution in [0.25, 0.3) is 0 Å². The van der Waals surface area contributed by atoms with Gasteiger partial charge in [-0.25, -0.2) is 0 Å². The lowest BCUT2D eigenvalue weighted by Crippen LogP contribution is -2.34. The number of nitrogens with zero attached hydrogens (tertiary/aromatic N) is 1. The molecule has 18 heavy (non-hydrogen) atoms. The van der Waals surface area contributed by atoms with Crippen LogP contribution in [0.4, 0.5) is 5.69 Å². The fraction of sp³-hybridized carbons (Fsp3) is 0.417. The summed E-state index contributed by atoms with van der Waals surface area (Å²) in [6, 6.07) is 2.96. The van der Waals surface area contributed by atoms with E-state index in [4.69, 9.17) is 10.8 Å². The number of rotatable bonds is 5. The van der Waals surface area contributed by atoms with Crippen molar-refractivity contribution in [3.8, 4) is 0 Å². The zero-order valence-electron chi connectivity index (χ0n) is 10.4. The first-order chi connectivity index (χ1) is 8.40. The number of hydrogen-bond donors (Lipinski definition) is 3. The maximum atomic E-state index is 11.7. The zero-order valence-corrected chi connectivity index (χ0v) is 10.4. The number of carbonyl (C=O) groups excluding carboxylic acids is 1. The number of anilines is 1. The monoisotopic (exact) mass is 251 g/mol. The normalized spacial score (nSPS) is 13.7. The number of aliphatic carboxylic acids is 1. The van der Waals surface area contributed by atoms with Gasteiger partial charge in [-0.3, -0.25) is 14.6 Å². The Kier molecular flexibility index (Phi) is 4.79. The third-order valence-corrected chi connectivity index (χ3v) is 2.63. The fourth-order valence-corrected chi connectivity index (χ4v) is 1.25. The number of pyridine rings is 1. The highest BCUT2D eigenvalue weighted by Crippen LogP contribution is 2.10. The van der Waals surface area contributed by atoms with Gasteiger partial charge < -0.3 is 16.2 Å². The minimum absolute atomic E-state index is 0.134. The molecular formula is C12H17N3O3. The number of nitrogens with two attached hydrogens (primary N) is 1. The highest BCUT2D eigenvalue weighted by Gasteiger charge is 2.17. The first-order valence-electron chi connectivity index (χ1n) is 5.63. The molecule has 0 saturated carbocycles. The molecule has 1 rings (SSSR count). The van der Waals surface area contributed by atoms with Crippen molar-refractivity contribution < 1.29 is 14.7 Å². The van der Waals surface area contributed by atoms with Gasteiger partial charge in [-0.2, -0.15) is 0 Å². The molecule has 0 aliphatic rings. The van der Waals surface area contributed by atoms with Gasteiger partial charge in [-0.15, -0.1) is 0 Å². The maximum absolute atomic E-state index is 11.7. The van der Waals surface area contributed by atoms with E-state index in [-0.39, 0.29) is 24.3 Å². The second-order valence-electron chi connectivity index (χ2n) is 4.25. The molecule has 1 heterocycles. The van der Waals surface area contributed by atoms with Crippen LogP contribution in [0.5, 0.6) is 0 Å². The second kappa shape index (κ2) is 6.11. The summed E-state index contributed by atoms with van der Waals surface area (Å²) in [6.07, 6.45) is 1.30. The molecule has 0 aromatic carbocycles. The van der Waals surface area contributed by atoms with Crippen LogP contribution in [-0.4, -0.2) is 28.0 Å². The number of carboxylic acids is 1. The molecule has 98 valence electrons. The molecule has 0 radical (unpaired) electrons. The SMILES string of the molecule is CC(N)C(C)C(=O)Nc1ccc(CC(=O)O)nc1. The fourth-order valence-electron chi connectivity index (χ4n) is 1.25. The Hall–Kier alpha value is -1.95. The average molecular weight is 251 g/mol. The highest BCUT2D eigenvalue weighted by atomic mass is 16.4. The summed E-state index contributed by atoms with van der Waals surface area (Å²) in [7, 11) is 0. The molecule has 6 nitrogen and oxygen atoms in total. The summed E-state index contributed by atoms with van der Waals surface area (Å²) in [6.45, 7) is 3.50. The Morgan fingerprint density at radius 3 is 2.56 bits per heavy atom. The predicted octanol–water partition coefficient (Wildman–Crippen LogP) is 0.630. The lowest BCUT2D eigenvalue weighted by atomic mass is 10.0. The van der Waals surface area contributed by atoms with Gasteiger partial charge in [0, 0.05) is 6.04 Å². The molecule has 1 amide bonds. The molecular weight excluding hydrogens is 234 g/mol. The molecule has 0 saturated heterocycles. The summed E-state index contributed by atoms with van der Waals surface area (Å²) >= 11 is 0. The van der Waals surface area contributed by atoms with Gasteiger partial charge in [0.05, 0.1) is 29.9 Å². The second-order valence-corrected chi connectivity index (χ2v) is 4.25. The van der Waals surface area contributed by atoms with Crippen molar-refractivity contribution in [2.24, 2.45) is 11.7 Å². The first kappa shape index (κ1) is 14.1. The van der Waals surface area contributed by atoms with Crippen molar-refractivity contribution in [2.75, 3.05) is 5.32 Å². The van der Waals surface area contributed by atoms with Crippen LogP contribution >= 0.6 is 0 Å². The van der Waals surface area contributed by atoms with Crippen molar-refractivity contribution in [2.45, 2.75) is 26.3 Å². The van der Waals surface area contributed by atoms with Gasteiger partial charge in [0.2, 0.25) is 5.91 Å². The molecule has 6 heteroatoms. The molecule has 0 fully saturated rings. The van der Waals surface area contributed by atoms with Crippen molar-refractivity contribution >= 4 is 17.6 Å². The zero-order chi connectivity index (χ0) is 13.7. The standard InChI is InChI=1S/C12H17N3O3/c1-7(8(2)13)12(18)15-10-4-3-9(14-6-10)5-11(16)17/h3-4,6-8H,5,13H2,1-2H3,(H,15,18)(H,16,17). The van der Waals surface area contributed by atoms with Crippen LogP contribution in [0.15, 0.2) is 18.3 Å². The smallest absolute Gasteiger partial charge is 0.309 e. The van der Waals surface area contributed by atoms with Gasteiger partial charge in [-0.1, -0.05) is 6.92 Å². The van der Waals surface area contributed by atoms with Crippen molar-refractivity contribution in [1.82, 2.24) is 4.98 Å². The maximum Gasteiger partial charge on any atom is 0.309 e. The van der Waals surface area contributed by atoms with Crippen LogP contribution in [0, 0.1) is 5.92 Å². The molecule has 0 aliphatic heterocycles. The van der Waals surface area contributed by atoms with Crippen LogP contribution < -0.4 is 11.1 Å². The Morgan fingerprint density at radius 2 is 2.11 bits per heavy atom. The third-order valence-electron chi connectivity index (χ3n) is 2.63. The summed E-state index contributed by atoms with van der Waals surface area (Å²) in [4.78, 5) is 26.1. The summed E-state index contributed by atoms with van der Waals surface area (Å²) in [5.41, 5.74) is 6.60. The van der Waals surface area contributed by atoms with E-state index in [0.29, 0.717) is 11.4 Å². The summed E-state index contributed by atoms with van der Waals surface area (Å²) in [5.74, 6) is -1.42. The highest BCUT2D eigenvalue weighted by molar-refractivity contribution is 5.92. The molecule has 1 aromatic heterocycles. The number of carboxylic acid groups (broad SMARTS) is 1. The number of hydrogen-bond acceptors (Lipinski definition) is 4. The molecule has 0 aliphatic carbocycles. The van der Waals surface area contributed by atoms with E-state index in [0.717, 1.165) is 0 Å². The lowest BCUT2D eigenvalue weighted by Gasteiger charge is -2.15. The van der Waals surface area contributed by atoms with Gasteiger partial charge in [0.15, 0.2) is 0 Å². The van der Waals surface area contributed by atoms with Crippen molar-refractivity contribution in [1.29, 1.82) is 0 Å². The van der Waals surface area contributed by atoms with Gasteiger partial charge in [0.1, 0.15) is 0 Å². The van der Waals surface area contributed by atoms with Gasteiger partial charge in [0.25, 0.3) is 0 Å². The molecule has 2 unspecified atom stereocenters. The Morgan fingerprint density at radius 1 is 1.44 bits per heavy atom. The van der Waals surface area contributed by atoms with E-state index in [2.05, 4.69) is 10.3 Å². The molecule has 0 spiro atoms. The largest absolute Gasteiger partial charge is 0.481 e.